The Balaban J connectivity index is 2.84. The highest BCUT2D eigenvalue weighted by Crippen LogP contribution is 2.02. The van der Waals surface area contributed by atoms with Crippen molar-refractivity contribution in [2.24, 2.45) is 21.9 Å². The number of nitrogens with two attached hydrogens (primary N) is 1. The summed E-state index contributed by atoms with van der Waals surface area (Å²) in [6, 6.07) is 9.39. The molecule has 0 aliphatic carbocycles. The van der Waals surface area contributed by atoms with E-state index in [0.717, 1.165) is 5.56 Å². The summed E-state index contributed by atoms with van der Waals surface area (Å²) >= 11 is 0. The van der Waals surface area contributed by atoms with Crippen LogP contribution < -0.4 is 5.73 Å². The molecular formula is C13H17N3O. The van der Waals surface area contributed by atoms with Gasteiger partial charge in [0.05, 0.1) is 5.92 Å². The molecule has 0 aliphatic rings. The van der Waals surface area contributed by atoms with Crippen molar-refractivity contribution in [2.45, 2.75) is 20.8 Å². The molecule has 0 spiro atoms. The Morgan fingerprint density at radius 3 is 2.29 bits per heavy atom. The van der Waals surface area contributed by atoms with E-state index in [1.807, 2.05) is 30.3 Å². The van der Waals surface area contributed by atoms with Crippen LogP contribution in [0, 0.1) is 5.92 Å². The summed E-state index contributed by atoms with van der Waals surface area (Å²) in [4.78, 5) is 11.1. The molecule has 1 aromatic carbocycles. The van der Waals surface area contributed by atoms with Crippen LogP contribution in [0.1, 0.15) is 26.3 Å². The number of carbonyl (C=O) groups is 1. The third kappa shape index (κ3) is 3.83. The Bertz CT molecular complexity index is 449. The summed E-state index contributed by atoms with van der Waals surface area (Å²) in [6.45, 7) is 5.11. The zero-order valence-electron chi connectivity index (χ0n) is 10.3. The van der Waals surface area contributed by atoms with E-state index in [0.29, 0.717) is 11.5 Å². The zero-order valence-corrected chi connectivity index (χ0v) is 10.3. The van der Waals surface area contributed by atoms with E-state index in [-0.39, 0.29) is 11.7 Å². The van der Waals surface area contributed by atoms with Crippen molar-refractivity contribution in [3.63, 3.8) is 0 Å². The molecule has 0 amide bonds. The van der Waals surface area contributed by atoms with Crippen molar-refractivity contribution in [3.05, 3.63) is 35.9 Å². The van der Waals surface area contributed by atoms with E-state index < -0.39 is 0 Å². The first-order valence-corrected chi connectivity index (χ1v) is 5.46. The van der Waals surface area contributed by atoms with Crippen LogP contribution in [0.3, 0.4) is 0 Å². The molecule has 1 aromatic rings. The summed E-state index contributed by atoms with van der Waals surface area (Å²) in [6.07, 6.45) is 0. The van der Waals surface area contributed by atoms with Crippen LogP contribution in [0.5, 0.6) is 0 Å². The van der Waals surface area contributed by atoms with E-state index in [4.69, 9.17) is 5.73 Å². The van der Waals surface area contributed by atoms with E-state index in [2.05, 4.69) is 10.2 Å². The first-order valence-electron chi connectivity index (χ1n) is 5.46. The Labute approximate surface area is 101 Å². The fourth-order valence-electron chi connectivity index (χ4n) is 1.18. The molecule has 90 valence electrons. The molecule has 4 heteroatoms. The van der Waals surface area contributed by atoms with Crippen LogP contribution in [0.25, 0.3) is 0 Å². The van der Waals surface area contributed by atoms with Crippen LogP contribution in [-0.4, -0.2) is 17.3 Å². The van der Waals surface area contributed by atoms with Gasteiger partial charge in [-0.15, -0.1) is 5.10 Å². The van der Waals surface area contributed by atoms with Crippen molar-refractivity contribution in [1.82, 2.24) is 0 Å². The van der Waals surface area contributed by atoms with Gasteiger partial charge in [0, 0.05) is 11.3 Å². The van der Waals surface area contributed by atoms with Gasteiger partial charge in [-0.3, -0.25) is 4.79 Å². The van der Waals surface area contributed by atoms with Gasteiger partial charge < -0.3 is 5.73 Å². The molecule has 0 bridgehead atoms. The van der Waals surface area contributed by atoms with Crippen LogP contribution in [0.2, 0.25) is 0 Å². The van der Waals surface area contributed by atoms with E-state index >= 15 is 0 Å². The molecule has 0 fully saturated rings. The first-order chi connectivity index (χ1) is 8.02. The minimum absolute atomic E-state index is 0.0692. The highest BCUT2D eigenvalue weighted by Gasteiger charge is 2.10. The molecule has 1 atom stereocenters. The molecule has 0 aliphatic heterocycles. The molecule has 0 heterocycles. The number of hydrogen-bond acceptors (Lipinski definition) is 3. The number of ketones is 1. The normalized spacial score (nSPS) is 14.5. The number of hydrogen-bond donors (Lipinski definition) is 1. The summed E-state index contributed by atoms with van der Waals surface area (Å²) in [5.74, 6) is 0.197. The fourth-order valence-corrected chi connectivity index (χ4v) is 1.18. The van der Waals surface area contributed by atoms with Gasteiger partial charge in [0.2, 0.25) is 0 Å². The van der Waals surface area contributed by atoms with E-state index in [1.54, 1.807) is 13.8 Å². The van der Waals surface area contributed by atoms with Crippen molar-refractivity contribution in [2.75, 3.05) is 0 Å². The van der Waals surface area contributed by atoms with Gasteiger partial charge >= 0.3 is 0 Å². The highest BCUT2D eigenvalue weighted by atomic mass is 16.1. The lowest BCUT2D eigenvalue weighted by Crippen LogP contribution is -2.16. The molecule has 0 saturated carbocycles. The average Bonchev–Trinajstić information content (AvgIpc) is 2.35. The van der Waals surface area contributed by atoms with Gasteiger partial charge in [-0.2, -0.15) is 5.10 Å². The fraction of sp³-hybridized carbons (Fsp3) is 0.308. The van der Waals surface area contributed by atoms with Gasteiger partial charge in [-0.25, -0.2) is 0 Å². The minimum atomic E-state index is -0.220. The second kappa shape index (κ2) is 5.94. The predicted octanol–water partition coefficient (Wildman–Crippen LogP) is 1.99. The van der Waals surface area contributed by atoms with Crippen LogP contribution >= 0.6 is 0 Å². The molecule has 0 saturated heterocycles. The Kier molecular flexibility index (Phi) is 4.57. The largest absolute Gasteiger partial charge is 0.382 e. The summed E-state index contributed by atoms with van der Waals surface area (Å²) < 4.78 is 0. The number of rotatable bonds is 4. The lowest BCUT2D eigenvalue weighted by atomic mass is 10.0. The maximum absolute atomic E-state index is 11.1. The molecule has 0 radical (unpaired) electrons. The minimum Gasteiger partial charge on any atom is -0.382 e. The third-order valence-electron chi connectivity index (χ3n) is 2.62. The molecule has 1 rings (SSSR count). The molecule has 0 aromatic heterocycles. The quantitative estimate of drug-likeness (QED) is 0.489. The average molecular weight is 231 g/mol. The lowest BCUT2D eigenvalue weighted by Gasteiger charge is -2.04. The van der Waals surface area contributed by atoms with Crippen LogP contribution in [0.15, 0.2) is 40.5 Å². The molecular weight excluding hydrogens is 214 g/mol. The number of benzene rings is 1. The summed E-state index contributed by atoms with van der Waals surface area (Å²) in [7, 11) is 0. The maximum atomic E-state index is 11.1. The maximum Gasteiger partial charge on any atom is 0.153 e. The second-order valence-corrected chi connectivity index (χ2v) is 3.92. The van der Waals surface area contributed by atoms with Gasteiger partial charge in [-0.05, 0) is 13.8 Å². The predicted molar refractivity (Wildman–Crippen MR) is 70.1 cm³/mol. The van der Waals surface area contributed by atoms with Gasteiger partial charge in [-0.1, -0.05) is 37.3 Å². The number of nitrogens with zero attached hydrogens (tertiary/aromatic N) is 2. The van der Waals surface area contributed by atoms with Gasteiger partial charge in [0.1, 0.15) is 5.78 Å². The van der Waals surface area contributed by atoms with E-state index in [1.165, 1.54) is 6.92 Å². The van der Waals surface area contributed by atoms with Crippen molar-refractivity contribution >= 4 is 17.3 Å². The lowest BCUT2D eigenvalue weighted by molar-refractivity contribution is -0.118. The van der Waals surface area contributed by atoms with Gasteiger partial charge in [0.25, 0.3) is 0 Å². The Morgan fingerprint density at radius 2 is 1.76 bits per heavy atom. The van der Waals surface area contributed by atoms with E-state index in [9.17, 15) is 4.79 Å². The molecule has 0 unspecified atom stereocenters. The Morgan fingerprint density at radius 1 is 1.18 bits per heavy atom. The SMILES string of the molecule is CC(=O)[C@@H](C)/C(C)=N\N=C(N)c1ccccc1. The monoisotopic (exact) mass is 231 g/mol. The smallest absolute Gasteiger partial charge is 0.153 e. The number of amidine groups is 1. The molecule has 2 N–H and O–H groups in total. The van der Waals surface area contributed by atoms with Crippen LogP contribution in [-0.2, 0) is 4.79 Å². The van der Waals surface area contributed by atoms with Crippen molar-refractivity contribution < 1.29 is 4.79 Å². The molecule has 4 nitrogen and oxygen atoms in total. The number of Topliss-reactive ketones (excluding diaryl/α,β-unsaturated/α-hetero) is 1. The van der Waals surface area contributed by atoms with Crippen LogP contribution in [0.4, 0.5) is 0 Å². The zero-order chi connectivity index (χ0) is 12.8. The topological polar surface area (TPSA) is 67.8 Å². The Hall–Kier alpha value is -1.97. The second-order valence-electron chi connectivity index (χ2n) is 3.92. The molecule has 17 heavy (non-hydrogen) atoms. The standard InChI is InChI=1S/C13H17N3O/c1-9(11(3)17)10(2)15-16-13(14)12-7-5-4-6-8-12/h4-9H,1-3H3,(H2,14,16)/b15-10-/t9-/m0/s1. The van der Waals surface area contributed by atoms with Gasteiger partial charge in [0.15, 0.2) is 5.84 Å². The highest BCUT2D eigenvalue weighted by molar-refractivity contribution is 6.03. The number of carbonyl (C=O) groups excluding carboxylic acids is 1. The van der Waals surface area contributed by atoms with Crippen molar-refractivity contribution in [1.29, 1.82) is 0 Å². The third-order valence-corrected chi connectivity index (χ3v) is 2.62. The van der Waals surface area contributed by atoms with Crippen molar-refractivity contribution in [3.8, 4) is 0 Å². The summed E-state index contributed by atoms with van der Waals surface area (Å²) in [5, 5.41) is 7.91. The first kappa shape index (κ1) is 13.1. The summed E-state index contributed by atoms with van der Waals surface area (Å²) in [5.41, 5.74) is 7.26.